The predicted octanol–water partition coefficient (Wildman–Crippen LogP) is 2.14. The van der Waals surface area contributed by atoms with Crippen LogP contribution in [0.1, 0.15) is 34.6 Å². The van der Waals surface area contributed by atoms with Crippen LogP contribution in [-0.2, 0) is 4.74 Å². The Labute approximate surface area is 76.9 Å². The predicted molar refractivity (Wildman–Crippen MR) is 53.5 cm³/mol. The second kappa shape index (κ2) is 6.44. The van der Waals surface area contributed by atoms with E-state index in [4.69, 9.17) is 4.74 Å². The number of nitrogens with zero attached hydrogens (tertiary/aromatic N) is 1. The molecule has 0 bridgehead atoms. The molecule has 0 aromatic heterocycles. The molecule has 0 radical (unpaired) electrons. The van der Waals surface area contributed by atoms with Crippen molar-refractivity contribution in [2.45, 2.75) is 46.8 Å². The molecule has 2 nitrogen and oxygen atoms in total. The highest BCUT2D eigenvalue weighted by Crippen LogP contribution is 2.01. The van der Waals surface area contributed by atoms with Gasteiger partial charge in [0.1, 0.15) is 0 Å². The lowest BCUT2D eigenvalue weighted by molar-refractivity contribution is 0.0390. The molecule has 0 saturated heterocycles. The maximum atomic E-state index is 5.48. The Balaban J connectivity index is 3.69. The van der Waals surface area contributed by atoms with Crippen LogP contribution in [-0.4, -0.2) is 36.7 Å². The Morgan fingerprint density at radius 1 is 1.17 bits per heavy atom. The summed E-state index contributed by atoms with van der Waals surface area (Å²) in [6.07, 6.45) is 0.359. The maximum Gasteiger partial charge on any atom is 0.0673 e. The molecule has 0 amide bonds. The van der Waals surface area contributed by atoms with E-state index in [0.717, 1.165) is 19.7 Å². The minimum Gasteiger partial charge on any atom is -0.377 e. The molecule has 0 saturated carbocycles. The highest BCUT2D eigenvalue weighted by Gasteiger charge is 2.10. The molecule has 0 aliphatic rings. The molecule has 0 aromatic carbocycles. The summed E-state index contributed by atoms with van der Waals surface area (Å²) in [5.41, 5.74) is 0. The van der Waals surface area contributed by atoms with Crippen molar-refractivity contribution in [2.24, 2.45) is 0 Å². The number of likely N-dealkylation sites (N-methyl/N-ethyl adjacent to an activating group) is 1. The van der Waals surface area contributed by atoms with Crippen LogP contribution in [0.15, 0.2) is 0 Å². The smallest absolute Gasteiger partial charge is 0.0673 e. The summed E-state index contributed by atoms with van der Waals surface area (Å²) in [7, 11) is 0. The zero-order chi connectivity index (χ0) is 9.56. The Kier molecular flexibility index (Phi) is 6.39. The quantitative estimate of drug-likeness (QED) is 0.610. The molecule has 74 valence electrons. The van der Waals surface area contributed by atoms with E-state index in [9.17, 15) is 0 Å². The minimum absolute atomic E-state index is 0.359. The van der Waals surface area contributed by atoms with Gasteiger partial charge in [0.25, 0.3) is 0 Å². The van der Waals surface area contributed by atoms with Crippen LogP contribution in [0.2, 0.25) is 0 Å². The summed E-state index contributed by atoms with van der Waals surface area (Å²) in [4.78, 5) is 2.42. The van der Waals surface area contributed by atoms with Gasteiger partial charge >= 0.3 is 0 Å². The average Bonchev–Trinajstić information content (AvgIpc) is 2.00. The van der Waals surface area contributed by atoms with Crippen LogP contribution in [0.3, 0.4) is 0 Å². The van der Waals surface area contributed by atoms with Gasteiger partial charge in [-0.2, -0.15) is 0 Å². The Hall–Kier alpha value is -0.0800. The summed E-state index contributed by atoms with van der Waals surface area (Å²) >= 11 is 0. The third-order valence-corrected chi connectivity index (χ3v) is 2.08. The molecule has 0 aliphatic heterocycles. The summed E-state index contributed by atoms with van der Waals surface area (Å²) in [6.45, 7) is 13.8. The number of ether oxygens (including phenoxy) is 1. The van der Waals surface area contributed by atoms with Crippen molar-refractivity contribution >= 4 is 0 Å². The van der Waals surface area contributed by atoms with Crippen LogP contribution in [0.5, 0.6) is 0 Å². The van der Waals surface area contributed by atoms with Gasteiger partial charge in [0, 0.05) is 19.2 Å². The van der Waals surface area contributed by atoms with Gasteiger partial charge in [0.15, 0.2) is 0 Å². The van der Waals surface area contributed by atoms with E-state index in [2.05, 4.69) is 32.6 Å². The number of hydrogen-bond donors (Lipinski definition) is 0. The third kappa shape index (κ3) is 4.73. The third-order valence-electron chi connectivity index (χ3n) is 2.08. The summed E-state index contributed by atoms with van der Waals surface area (Å²) in [6, 6.07) is 0.623. The standard InChI is InChI=1S/C10H23NO/c1-6-11(9(3)4)8-10(5)12-7-2/h9-10H,6-8H2,1-5H3/t10-/m1/s1. The molecule has 0 fully saturated rings. The molecular formula is C10H23NO. The zero-order valence-electron chi connectivity index (χ0n) is 9.13. The molecule has 0 aliphatic carbocycles. The normalized spacial score (nSPS) is 14.2. The molecule has 0 spiro atoms. The van der Waals surface area contributed by atoms with Gasteiger partial charge in [-0.25, -0.2) is 0 Å². The lowest BCUT2D eigenvalue weighted by atomic mass is 10.2. The van der Waals surface area contributed by atoms with Gasteiger partial charge in [0.2, 0.25) is 0 Å². The van der Waals surface area contributed by atoms with Gasteiger partial charge < -0.3 is 4.74 Å². The van der Waals surface area contributed by atoms with E-state index in [1.54, 1.807) is 0 Å². The van der Waals surface area contributed by atoms with Crippen molar-refractivity contribution < 1.29 is 4.74 Å². The van der Waals surface area contributed by atoms with Crippen molar-refractivity contribution in [1.82, 2.24) is 4.90 Å². The molecule has 12 heavy (non-hydrogen) atoms. The van der Waals surface area contributed by atoms with Crippen LogP contribution in [0.4, 0.5) is 0 Å². The Bertz CT molecular complexity index is 104. The van der Waals surface area contributed by atoms with Gasteiger partial charge in [-0.1, -0.05) is 6.92 Å². The second-order valence-electron chi connectivity index (χ2n) is 3.45. The van der Waals surface area contributed by atoms with Crippen molar-refractivity contribution in [3.63, 3.8) is 0 Å². The minimum atomic E-state index is 0.359. The Morgan fingerprint density at radius 2 is 1.75 bits per heavy atom. The zero-order valence-corrected chi connectivity index (χ0v) is 9.13. The summed E-state index contributed by atoms with van der Waals surface area (Å²) in [5, 5.41) is 0. The number of hydrogen-bond acceptors (Lipinski definition) is 2. The highest BCUT2D eigenvalue weighted by atomic mass is 16.5. The lowest BCUT2D eigenvalue weighted by Gasteiger charge is -2.27. The van der Waals surface area contributed by atoms with E-state index in [1.807, 2.05) is 6.92 Å². The monoisotopic (exact) mass is 173 g/mol. The van der Waals surface area contributed by atoms with Crippen LogP contribution >= 0.6 is 0 Å². The molecule has 0 unspecified atom stereocenters. The van der Waals surface area contributed by atoms with E-state index in [0.29, 0.717) is 12.1 Å². The first-order valence-electron chi connectivity index (χ1n) is 4.97. The van der Waals surface area contributed by atoms with E-state index in [1.165, 1.54) is 0 Å². The van der Waals surface area contributed by atoms with Crippen molar-refractivity contribution in [2.75, 3.05) is 19.7 Å². The first kappa shape index (κ1) is 11.9. The first-order chi connectivity index (χ1) is 5.61. The molecular weight excluding hydrogens is 150 g/mol. The van der Waals surface area contributed by atoms with Gasteiger partial charge in [0.05, 0.1) is 6.10 Å². The molecule has 0 aromatic rings. The fourth-order valence-electron chi connectivity index (χ4n) is 1.37. The van der Waals surface area contributed by atoms with Crippen LogP contribution < -0.4 is 0 Å². The fourth-order valence-corrected chi connectivity index (χ4v) is 1.37. The first-order valence-corrected chi connectivity index (χ1v) is 4.97. The van der Waals surface area contributed by atoms with Crippen molar-refractivity contribution in [3.05, 3.63) is 0 Å². The largest absolute Gasteiger partial charge is 0.377 e. The average molecular weight is 173 g/mol. The second-order valence-corrected chi connectivity index (χ2v) is 3.45. The van der Waals surface area contributed by atoms with Gasteiger partial charge in [-0.3, -0.25) is 4.90 Å². The van der Waals surface area contributed by atoms with E-state index < -0.39 is 0 Å². The fraction of sp³-hybridized carbons (Fsp3) is 1.00. The van der Waals surface area contributed by atoms with E-state index in [-0.39, 0.29) is 0 Å². The summed E-state index contributed by atoms with van der Waals surface area (Å²) < 4.78 is 5.48. The van der Waals surface area contributed by atoms with E-state index >= 15 is 0 Å². The molecule has 0 rings (SSSR count). The highest BCUT2D eigenvalue weighted by molar-refractivity contribution is 4.64. The molecule has 2 heteroatoms. The topological polar surface area (TPSA) is 12.5 Å². The SMILES string of the molecule is CCO[C@H](C)CN(CC)C(C)C. The molecule has 0 heterocycles. The summed E-state index contributed by atoms with van der Waals surface area (Å²) in [5.74, 6) is 0. The Morgan fingerprint density at radius 3 is 2.08 bits per heavy atom. The lowest BCUT2D eigenvalue weighted by Crippen LogP contribution is -2.37. The van der Waals surface area contributed by atoms with Crippen LogP contribution in [0, 0.1) is 0 Å². The van der Waals surface area contributed by atoms with Gasteiger partial charge in [-0.15, -0.1) is 0 Å². The maximum absolute atomic E-state index is 5.48. The number of rotatable bonds is 6. The van der Waals surface area contributed by atoms with Crippen molar-refractivity contribution in [1.29, 1.82) is 0 Å². The van der Waals surface area contributed by atoms with Crippen molar-refractivity contribution in [3.8, 4) is 0 Å². The van der Waals surface area contributed by atoms with Crippen LogP contribution in [0.25, 0.3) is 0 Å². The van der Waals surface area contributed by atoms with Gasteiger partial charge in [-0.05, 0) is 34.2 Å². The molecule has 0 N–H and O–H groups in total. The molecule has 1 atom stereocenters.